The molecule has 1 aliphatic carbocycles. The van der Waals surface area contributed by atoms with E-state index in [2.05, 4.69) is 23.2 Å². The second-order valence-corrected chi connectivity index (χ2v) is 9.38. The van der Waals surface area contributed by atoms with Gasteiger partial charge in [-0.25, -0.2) is 0 Å². The molecule has 2 aliphatic rings. The number of thioether (sulfide) groups is 1. The van der Waals surface area contributed by atoms with Crippen LogP contribution in [0.2, 0.25) is 0 Å². The molecule has 0 amide bonds. The summed E-state index contributed by atoms with van der Waals surface area (Å²) in [5.41, 5.74) is 9.37. The summed E-state index contributed by atoms with van der Waals surface area (Å²) in [5, 5.41) is 19.1. The van der Waals surface area contributed by atoms with Crippen LogP contribution in [0, 0.1) is 17.2 Å². The zero-order chi connectivity index (χ0) is 21.1. The Hall–Kier alpha value is -2.89. The largest absolute Gasteiger partial charge is 0.384 e. The van der Waals surface area contributed by atoms with Gasteiger partial charge in [0, 0.05) is 23.6 Å². The van der Waals surface area contributed by atoms with Gasteiger partial charge in [-0.2, -0.15) is 5.26 Å². The van der Waals surface area contributed by atoms with Crippen LogP contribution in [0.1, 0.15) is 31.7 Å². The highest BCUT2D eigenvalue weighted by Gasteiger charge is 2.39. The summed E-state index contributed by atoms with van der Waals surface area (Å²) in [6.45, 7) is 2.05. The Morgan fingerprint density at radius 2 is 2.13 bits per heavy atom. The second-order valence-electron chi connectivity index (χ2n) is 6.91. The van der Waals surface area contributed by atoms with Gasteiger partial charge in [-0.1, -0.05) is 72.5 Å². The van der Waals surface area contributed by atoms with Crippen molar-refractivity contribution in [3.8, 4) is 6.07 Å². The Kier molecular flexibility index (Phi) is 6.02. The minimum atomic E-state index is -0.452. The minimum Gasteiger partial charge on any atom is -0.384 e. The standard InChI is InChI=1S/C22H21N5OS2/c1-2-29-22-26-25-21(30-22)27-17-9-6-10-18(28)19(17)15(16(13-23)20(27)24)12-11-14-7-4-3-5-8-14/h3-5,7-8,11-12,15H,2,6,9-10,24H2,1H3/b12-11+. The van der Waals surface area contributed by atoms with Gasteiger partial charge < -0.3 is 5.73 Å². The highest BCUT2D eigenvalue weighted by molar-refractivity contribution is 8.01. The summed E-state index contributed by atoms with van der Waals surface area (Å²) in [6.07, 6.45) is 5.81. The van der Waals surface area contributed by atoms with Crippen molar-refractivity contribution in [2.75, 3.05) is 10.7 Å². The minimum absolute atomic E-state index is 0.0666. The van der Waals surface area contributed by atoms with Crippen LogP contribution in [0.4, 0.5) is 5.13 Å². The number of allylic oxidation sites excluding steroid dienone is 4. The summed E-state index contributed by atoms with van der Waals surface area (Å²) in [7, 11) is 0. The van der Waals surface area contributed by atoms with E-state index in [-0.39, 0.29) is 5.78 Å². The lowest BCUT2D eigenvalue weighted by molar-refractivity contribution is -0.116. The van der Waals surface area contributed by atoms with Crippen molar-refractivity contribution in [1.29, 1.82) is 5.26 Å². The summed E-state index contributed by atoms with van der Waals surface area (Å²) >= 11 is 3.03. The molecule has 1 atom stereocenters. The van der Waals surface area contributed by atoms with E-state index in [0.717, 1.165) is 27.8 Å². The summed E-state index contributed by atoms with van der Waals surface area (Å²) in [6, 6.07) is 12.1. The highest BCUT2D eigenvalue weighted by Crippen LogP contribution is 2.43. The van der Waals surface area contributed by atoms with Crippen LogP contribution >= 0.6 is 23.1 Å². The molecule has 1 aromatic heterocycles. The van der Waals surface area contributed by atoms with Crippen molar-refractivity contribution < 1.29 is 4.79 Å². The molecule has 1 aromatic carbocycles. The van der Waals surface area contributed by atoms with Crippen LogP contribution in [0.3, 0.4) is 0 Å². The van der Waals surface area contributed by atoms with Gasteiger partial charge in [-0.05, 0) is 24.2 Å². The lowest BCUT2D eigenvalue weighted by atomic mass is 9.79. The van der Waals surface area contributed by atoms with E-state index in [0.29, 0.717) is 34.9 Å². The Labute approximate surface area is 183 Å². The van der Waals surface area contributed by atoms with Crippen molar-refractivity contribution in [2.45, 2.75) is 30.5 Å². The van der Waals surface area contributed by atoms with Gasteiger partial charge in [0.1, 0.15) is 5.82 Å². The number of Topliss-reactive ketones (excluding diaryl/α,β-unsaturated/α-hetero) is 1. The maximum absolute atomic E-state index is 13.0. The number of anilines is 1. The second kappa shape index (κ2) is 8.86. The van der Waals surface area contributed by atoms with Crippen LogP contribution in [-0.2, 0) is 4.79 Å². The third-order valence-electron chi connectivity index (χ3n) is 5.09. The maximum atomic E-state index is 13.0. The third-order valence-corrected chi connectivity index (χ3v) is 7.02. The Balaban J connectivity index is 1.81. The fraction of sp³-hybridized carbons (Fsp3) is 0.273. The normalized spacial score (nSPS) is 19.4. The van der Waals surface area contributed by atoms with Crippen molar-refractivity contribution in [3.05, 3.63) is 64.6 Å². The molecule has 8 heteroatoms. The SMILES string of the molecule is CCSc1nnc(N2C(N)=C(C#N)C(/C=C/c3ccccc3)C3=C2CCCC3=O)s1. The van der Waals surface area contributed by atoms with Crippen molar-refractivity contribution in [1.82, 2.24) is 10.2 Å². The zero-order valence-electron chi connectivity index (χ0n) is 16.5. The van der Waals surface area contributed by atoms with E-state index in [1.165, 1.54) is 11.3 Å². The molecule has 152 valence electrons. The first-order valence-corrected chi connectivity index (χ1v) is 11.6. The van der Waals surface area contributed by atoms with Crippen molar-refractivity contribution in [2.24, 2.45) is 11.7 Å². The van der Waals surface area contributed by atoms with E-state index in [1.807, 2.05) is 42.5 Å². The van der Waals surface area contributed by atoms with E-state index < -0.39 is 5.92 Å². The van der Waals surface area contributed by atoms with Gasteiger partial charge in [0.25, 0.3) is 0 Å². The fourth-order valence-corrected chi connectivity index (χ4v) is 5.56. The molecule has 0 spiro atoms. The molecule has 2 N–H and O–H groups in total. The molecule has 0 bridgehead atoms. The maximum Gasteiger partial charge on any atom is 0.219 e. The number of ketones is 1. The smallest absolute Gasteiger partial charge is 0.219 e. The summed E-state index contributed by atoms with van der Waals surface area (Å²) in [4.78, 5) is 14.7. The molecule has 2 aromatic rings. The Bertz CT molecular complexity index is 1090. The monoisotopic (exact) mass is 435 g/mol. The predicted octanol–water partition coefficient (Wildman–Crippen LogP) is 4.50. The lowest BCUT2D eigenvalue weighted by Gasteiger charge is -2.37. The first-order valence-electron chi connectivity index (χ1n) is 9.79. The molecular formula is C22H21N5OS2. The van der Waals surface area contributed by atoms with E-state index in [4.69, 9.17) is 5.73 Å². The fourth-order valence-electron chi connectivity index (χ4n) is 3.79. The zero-order valence-corrected chi connectivity index (χ0v) is 18.2. The van der Waals surface area contributed by atoms with Gasteiger partial charge in [-0.3, -0.25) is 9.69 Å². The van der Waals surface area contributed by atoms with E-state index >= 15 is 0 Å². The number of carbonyl (C=O) groups excluding carboxylic acids is 1. The van der Waals surface area contributed by atoms with E-state index in [1.54, 1.807) is 16.7 Å². The number of nitrogens with zero attached hydrogens (tertiary/aromatic N) is 4. The first kappa shape index (κ1) is 20.4. The number of carbonyl (C=O) groups is 1. The molecule has 0 saturated heterocycles. The number of aromatic nitrogens is 2. The van der Waals surface area contributed by atoms with Gasteiger partial charge in [0.2, 0.25) is 5.13 Å². The molecule has 0 radical (unpaired) electrons. The predicted molar refractivity (Wildman–Crippen MR) is 120 cm³/mol. The molecule has 0 saturated carbocycles. The number of nitrogens with two attached hydrogens (primary N) is 1. The molecule has 1 aliphatic heterocycles. The van der Waals surface area contributed by atoms with Crippen LogP contribution in [0.5, 0.6) is 0 Å². The number of nitriles is 1. The molecule has 1 unspecified atom stereocenters. The quantitative estimate of drug-likeness (QED) is 0.691. The van der Waals surface area contributed by atoms with Gasteiger partial charge >= 0.3 is 0 Å². The van der Waals surface area contributed by atoms with Gasteiger partial charge in [0.15, 0.2) is 10.1 Å². The Morgan fingerprint density at radius 1 is 1.33 bits per heavy atom. The number of rotatable bonds is 5. The number of benzene rings is 1. The molecular weight excluding hydrogens is 414 g/mol. The molecule has 30 heavy (non-hydrogen) atoms. The van der Waals surface area contributed by atoms with Crippen LogP contribution in [-0.4, -0.2) is 21.7 Å². The van der Waals surface area contributed by atoms with Crippen LogP contribution < -0.4 is 10.6 Å². The molecule has 6 nitrogen and oxygen atoms in total. The van der Waals surface area contributed by atoms with Crippen molar-refractivity contribution in [3.63, 3.8) is 0 Å². The average molecular weight is 436 g/mol. The summed E-state index contributed by atoms with van der Waals surface area (Å²) < 4.78 is 0.842. The molecule has 0 fully saturated rings. The topological polar surface area (TPSA) is 95.9 Å². The first-order chi connectivity index (χ1) is 14.6. The average Bonchev–Trinajstić information content (AvgIpc) is 3.21. The number of hydrogen-bond acceptors (Lipinski definition) is 8. The molecule has 4 rings (SSSR count). The molecule has 2 heterocycles. The number of hydrogen-bond donors (Lipinski definition) is 1. The Morgan fingerprint density at radius 3 is 2.87 bits per heavy atom. The van der Waals surface area contributed by atoms with Crippen molar-refractivity contribution >= 4 is 40.1 Å². The van der Waals surface area contributed by atoms with Gasteiger partial charge in [-0.15, -0.1) is 10.2 Å². The van der Waals surface area contributed by atoms with Gasteiger partial charge in [0.05, 0.1) is 11.6 Å². The lowest BCUT2D eigenvalue weighted by Crippen LogP contribution is -2.39. The summed E-state index contributed by atoms with van der Waals surface area (Å²) in [5.74, 6) is 0.837. The van der Waals surface area contributed by atoms with Crippen LogP contribution in [0.25, 0.3) is 6.08 Å². The van der Waals surface area contributed by atoms with Crippen LogP contribution in [0.15, 0.2) is 63.4 Å². The third kappa shape index (κ3) is 3.78. The highest BCUT2D eigenvalue weighted by atomic mass is 32.2. The van der Waals surface area contributed by atoms with E-state index in [9.17, 15) is 10.1 Å².